The van der Waals surface area contributed by atoms with Gasteiger partial charge < -0.3 is 15.0 Å². The van der Waals surface area contributed by atoms with Crippen molar-refractivity contribution in [2.45, 2.75) is 38.8 Å². The number of carbonyl (C=O) groups is 1. The summed E-state index contributed by atoms with van der Waals surface area (Å²) in [5.74, 6) is 1.26. The van der Waals surface area contributed by atoms with Gasteiger partial charge in [-0.05, 0) is 48.2 Å². The molecular formula is C21H24N2O2. The molecular weight excluding hydrogens is 312 g/mol. The molecule has 0 spiro atoms. The van der Waals surface area contributed by atoms with Crippen molar-refractivity contribution in [2.24, 2.45) is 0 Å². The summed E-state index contributed by atoms with van der Waals surface area (Å²) in [5, 5.41) is 3.59. The highest BCUT2D eigenvalue weighted by Crippen LogP contribution is 2.27. The smallest absolute Gasteiger partial charge is 0.227 e. The third-order valence-electron chi connectivity index (χ3n) is 5.12. The van der Waals surface area contributed by atoms with Gasteiger partial charge in [-0.2, -0.15) is 0 Å². The first kappa shape index (κ1) is 16.2. The number of benzene rings is 2. The van der Waals surface area contributed by atoms with Gasteiger partial charge in [-0.25, -0.2) is 0 Å². The number of nitrogens with one attached hydrogen (secondary N) is 1. The van der Waals surface area contributed by atoms with Crippen LogP contribution in [0, 0.1) is 0 Å². The Hall–Kier alpha value is -2.33. The number of nitrogens with zero attached hydrogens (tertiary/aromatic N) is 1. The number of amides is 1. The summed E-state index contributed by atoms with van der Waals surface area (Å²) in [6, 6.07) is 15.0. The third-order valence-corrected chi connectivity index (χ3v) is 5.12. The van der Waals surface area contributed by atoms with E-state index in [0.717, 1.165) is 44.0 Å². The number of hydrogen-bond acceptors (Lipinski definition) is 3. The average molecular weight is 336 g/mol. The van der Waals surface area contributed by atoms with E-state index in [4.69, 9.17) is 4.74 Å². The zero-order valence-electron chi connectivity index (χ0n) is 14.6. The van der Waals surface area contributed by atoms with Crippen molar-refractivity contribution < 1.29 is 9.53 Å². The summed E-state index contributed by atoms with van der Waals surface area (Å²) in [6.07, 6.45) is 2.63. The van der Waals surface area contributed by atoms with Crippen molar-refractivity contribution in [3.63, 3.8) is 0 Å². The van der Waals surface area contributed by atoms with E-state index in [1.165, 1.54) is 16.7 Å². The summed E-state index contributed by atoms with van der Waals surface area (Å²) in [7, 11) is 0. The number of carbonyl (C=O) groups excluding carboxylic acids is 1. The Kier molecular flexibility index (Phi) is 4.45. The van der Waals surface area contributed by atoms with E-state index in [9.17, 15) is 4.79 Å². The number of anilines is 1. The highest BCUT2D eigenvalue weighted by molar-refractivity contribution is 5.95. The molecule has 1 atom stereocenters. The van der Waals surface area contributed by atoms with Crippen LogP contribution in [0.4, 0.5) is 5.69 Å². The van der Waals surface area contributed by atoms with Gasteiger partial charge >= 0.3 is 0 Å². The molecule has 25 heavy (non-hydrogen) atoms. The van der Waals surface area contributed by atoms with E-state index in [-0.39, 0.29) is 11.9 Å². The second-order valence-corrected chi connectivity index (χ2v) is 6.89. The standard InChI is InChI=1S/C21H24N2O2/c1-15(22-14-16-7-8-20-18(12-16)9-11-25-20)17-4-2-5-19(13-17)23-10-3-6-21(23)24/h2,4-5,7-8,12-13,15,22H,3,6,9-11,14H2,1H3/t15-/m1/s1. The predicted molar refractivity (Wildman–Crippen MR) is 98.9 cm³/mol. The monoisotopic (exact) mass is 336 g/mol. The molecule has 2 aliphatic rings. The van der Waals surface area contributed by atoms with Gasteiger partial charge in [0.05, 0.1) is 6.61 Å². The van der Waals surface area contributed by atoms with E-state index in [0.29, 0.717) is 6.42 Å². The van der Waals surface area contributed by atoms with Gasteiger partial charge in [0.25, 0.3) is 0 Å². The molecule has 0 unspecified atom stereocenters. The zero-order valence-corrected chi connectivity index (χ0v) is 14.6. The maximum Gasteiger partial charge on any atom is 0.227 e. The Balaban J connectivity index is 1.42. The minimum Gasteiger partial charge on any atom is -0.493 e. The molecule has 0 radical (unpaired) electrons. The lowest BCUT2D eigenvalue weighted by Crippen LogP contribution is -2.24. The van der Waals surface area contributed by atoms with Crippen LogP contribution in [0.15, 0.2) is 42.5 Å². The number of fused-ring (bicyclic) bond motifs is 1. The topological polar surface area (TPSA) is 41.6 Å². The van der Waals surface area contributed by atoms with Gasteiger partial charge in [0, 0.05) is 37.7 Å². The molecule has 2 aromatic rings. The summed E-state index contributed by atoms with van der Waals surface area (Å²) in [4.78, 5) is 13.9. The molecule has 1 N–H and O–H groups in total. The van der Waals surface area contributed by atoms with Crippen LogP contribution >= 0.6 is 0 Å². The normalized spacial score (nSPS) is 17.5. The van der Waals surface area contributed by atoms with Gasteiger partial charge in [0.2, 0.25) is 5.91 Å². The molecule has 1 amide bonds. The van der Waals surface area contributed by atoms with Crippen LogP contribution in [0.5, 0.6) is 5.75 Å². The Morgan fingerprint density at radius 3 is 2.96 bits per heavy atom. The van der Waals surface area contributed by atoms with Crippen molar-refractivity contribution in [1.29, 1.82) is 0 Å². The average Bonchev–Trinajstić information content (AvgIpc) is 3.27. The summed E-state index contributed by atoms with van der Waals surface area (Å²) in [5.41, 5.74) is 4.81. The van der Waals surface area contributed by atoms with Gasteiger partial charge in [0.15, 0.2) is 0 Å². The van der Waals surface area contributed by atoms with Gasteiger partial charge in [-0.15, -0.1) is 0 Å². The molecule has 0 aliphatic carbocycles. The number of rotatable bonds is 5. The molecule has 0 bridgehead atoms. The molecule has 4 heteroatoms. The largest absolute Gasteiger partial charge is 0.493 e. The third kappa shape index (κ3) is 3.40. The first-order valence-electron chi connectivity index (χ1n) is 9.09. The first-order chi connectivity index (χ1) is 12.2. The summed E-state index contributed by atoms with van der Waals surface area (Å²) < 4.78 is 5.57. The number of hydrogen-bond donors (Lipinski definition) is 1. The van der Waals surface area contributed by atoms with E-state index in [1.54, 1.807) is 0 Å². The summed E-state index contributed by atoms with van der Waals surface area (Å²) >= 11 is 0. The second kappa shape index (κ2) is 6.89. The van der Waals surface area contributed by atoms with E-state index in [1.807, 2.05) is 17.0 Å². The lowest BCUT2D eigenvalue weighted by Gasteiger charge is -2.19. The Labute approximate surface area is 148 Å². The van der Waals surface area contributed by atoms with Gasteiger partial charge in [-0.3, -0.25) is 4.79 Å². The molecule has 1 saturated heterocycles. The molecule has 130 valence electrons. The maximum atomic E-state index is 12.0. The van der Waals surface area contributed by atoms with E-state index in [2.05, 4.69) is 42.6 Å². The van der Waals surface area contributed by atoms with Crippen LogP contribution in [0.2, 0.25) is 0 Å². The Morgan fingerprint density at radius 1 is 1.20 bits per heavy atom. The highest BCUT2D eigenvalue weighted by atomic mass is 16.5. The van der Waals surface area contributed by atoms with Crippen molar-refractivity contribution in [3.05, 3.63) is 59.2 Å². The van der Waals surface area contributed by atoms with Crippen molar-refractivity contribution in [2.75, 3.05) is 18.1 Å². The van der Waals surface area contributed by atoms with Gasteiger partial charge in [0.1, 0.15) is 5.75 Å². The van der Waals surface area contributed by atoms with E-state index < -0.39 is 0 Å². The quantitative estimate of drug-likeness (QED) is 0.907. The minimum atomic E-state index is 0.224. The molecule has 2 aromatic carbocycles. The van der Waals surface area contributed by atoms with Crippen molar-refractivity contribution in [3.8, 4) is 5.75 Å². The molecule has 0 saturated carbocycles. The lowest BCUT2D eigenvalue weighted by atomic mass is 10.1. The lowest BCUT2D eigenvalue weighted by molar-refractivity contribution is -0.117. The molecule has 1 fully saturated rings. The van der Waals surface area contributed by atoms with Crippen LogP contribution in [-0.4, -0.2) is 19.1 Å². The van der Waals surface area contributed by atoms with Gasteiger partial charge in [-0.1, -0.05) is 24.3 Å². The van der Waals surface area contributed by atoms with Crippen LogP contribution in [0.25, 0.3) is 0 Å². The summed E-state index contributed by atoms with van der Waals surface area (Å²) in [6.45, 7) is 4.62. The van der Waals surface area contributed by atoms with Crippen molar-refractivity contribution in [1.82, 2.24) is 5.32 Å². The van der Waals surface area contributed by atoms with Crippen LogP contribution < -0.4 is 15.0 Å². The maximum absolute atomic E-state index is 12.0. The Morgan fingerprint density at radius 2 is 2.12 bits per heavy atom. The van der Waals surface area contributed by atoms with E-state index >= 15 is 0 Å². The van der Waals surface area contributed by atoms with Crippen LogP contribution in [0.3, 0.4) is 0 Å². The van der Waals surface area contributed by atoms with Crippen LogP contribution in [0.1, 0.15) is 42.5 Å². The molecule has 2 aliphatic heterocycles. The molecule has 2 heterocycles. The Bertz CT molecular complexity index is 787. The molecule has 0 aromatic heterocycles. The zero-order chi connectivity index (χ0) is 17.2. The molecule has 4 rings (SSSR count). The fourth-order valence-electron chi connectivity index (χ4n) is 3.62. The highest BCUT2D eigenvalue weighted by Gasteiger charge is 2.22. The minimum absolute atomic E-state index is 0.224. The van der Waals surface area contributed by atoms with Crippen molar-refractivity contribution >= 4 is 11.6 Å². The SMILES string of the molecule is C[C@@H](NCc1ccc2c(c1)CCO2)c1cccc(N2CCCC2=O)c1. The molecule has 4 nitrogen and oxygen atoms in total. The predicted octanol–water partition coefficient (Wildman–Crippen LogP) is 3.60. The second-order valence-electron chi connectivity index (χ2n) is 6.89. The van der Waals surface area contributed by atoms with Crippen LogP contribution in [-0.2, 0) is 17.8 Å². The first-order valence-corrected chi connectivity index (χ1v) is 9.09. The fraction of sp³-hybridized carbons (Fsp3) is 0.381. The number of ether oxygens (including phenoxy) is 1. The fourth-order valence-corrected chi connectivity index (χ4v) is 3.62.